The largest absolute Gasteiger partial charge is 0.331 e. The third-order valence-corrected chi connectivity index (χ3v) is 5.82. The quantitative estimate of drug-likeness (QED) is 0.880. The summed E-state index contributed by atoms with van der Waals surface area (Å²) in [4.78, 5) is 39.6. The van der Waals surface area contributed by atoms with Gasteiger partial charge in [-0.3, -0.25) is 14.9 Å². The molecule has 1 aliphatic rings. The van der Waals surface area contributed by atoms with Crippen LogP contribution in [0.4, 0.5) is 9.80 Å². The highest BCUT2D eigenvalue weighted by Crippen LogP contribution is 2.39. The first kappa shape index (κ1) is 16.7. The Labute approximate surface area is 147 Å². The number of amides is 4. The van der Waals surface area contributed by atoms with Crippen LogP contribution in [0.3, 0.4) is 0 Å². The number of hydrogen-bond acceptors (Lipinski definition) is 5. The van der Waals surface area contributed by atoms with E-state index < -0.39 is 11.9 Å². The molecule has 2 N–H and O–H groups in total. The molecule has 0 saturated carbocycles. The lowest BCUT2D eigenvalue weighted by molar-refractivity contribution is 0.0957. The standard InChI is InChI=1S/C16H17N3O3S2/c1-19(2)16(22)18-14(21)12-9-5-3-6-10(9)24-15(12)17-13(20)11-7-4-8-23-11/h4,7-8H,3,5-6H2,1-2H3,(H,17,20)(H,18,21,22). The Hall–Kier alpha value is -2.19. The zero-order valence-corrected chi connectivity index (χ0v) is 15.0. The van der Waals surface area contributed by atoms with Crippen molar-refractivity contribution in [2.24, 2.45) is 0 Å². The SMILES string of the molecule is CN(C)C(=O)NC(=O)c1c(NC(=O)c2cccs2)sc2c1CCC2. The third-order valence-electron chi connectivity index (χ3n) is 3.75. The smallest absolute Gasteiger partial charge is 0.323 e. The van der Waals surface area contributed by atoms with Crippen LogP contribution in [0.2, 0.25) is 0 Å². The number of carbonyl (C=O) groups is 3. The Morgan fingerprint density at radius 1 is 1.17 bits per heavy atom. The van der Waals surface area contributed by atoms with Crippen molar-refractivity contribution in [1.29, 1.82) is 0 Å². The number of urea groups is 1. The van der Waals surface area contributed by atoms with Crippen molar-refractivity contribution in [3.63, 3.8) is 0 Å². The fourth-order valence-corrected chi connectivity index (χ4v) is 4.48. The molecular formula is C16H17N3O3S2. The van der Waals surface area contributed by atoms with Gasteiger partial charge in [0, 0.05) is 19.0 Å². The molecular weight excluding hydrogens is 346 g/mol. The number of anilines is 1. The Kier molecular flexibility index (Phi) is 4.68. The van der Waals surface area contributed by atoms with Crippen molar-refractivity contribution in [2.75, 3.05) is 19.4 Å². The van der Waals surface area contributed by atoms with Crippen LogP contribution in [-0.2, 0) is 12.8 Å². The summed E-state index contributed by atoms with van der Waals surface area (Å²) in [5.74, 6) is -0.701. The molecule has 0 unspecified atom stereocenters. The molecule has 0 radical (unpaired) electrons. The van der Waals surface area contributed by atoms with Crippen molar-refractivity contribution >= 4 is 45.5 Å². The molecule has 0 fully saturated rings. The number of rotatable bonds is 3. The van der Waals surface area contributed by atoms with Gasteiger partial charge in [0.2, 0.25) is 0 Å². The fraction of sp³-hybridized carbons (Fsp3) is 0.312. The first-order valence-corrected chi connectivity index (χ1v) is 9.19. The van der Waals surface area contributed by atoms with Gasteiger partial charge in [-0.15, -0.1) is 22.7 Å². The molecule has 0 spiro atoms. The number of nitrogens with zero attached hydrogens (tertiary/aromatic N) is 1. The topological polar surface area (TPSA) is 78.5 Å². The first-order valence-electron chi connectivity index (χ1n) is 7.49. The fourth-order valence-electron chi connectivity index (χ4n) is 2.58. The van der Waals surface area contributed by atoms with E-state index in [0.29, 0.717) is 15.4 Å². The second-order valence-electron chi connectivity index (χ2n) is 5.65. The summed E-state index contributed by atoms with van der Waals surface area (Å²) in [7, 11) is 3.14. The van der Waals surface area contributed by atoms with Gasteiger partial charge in [0.15, 0.2) is 0 Å². The van der Waals surface area contributed by atoms with E-state index in [1.807, 2.05) is 5.38 Å². The minimum Gasteiger partial charge on any atom is -0.331 e. The molecule has 126 valence electrons. The highest BCUT2D eigenvalue weighted by molar-refractivity contribution is 7.17. The van der Waals surface area contributed by atoms with Gasteiger partial charge in [-0.2, -0.15) is 0 Å². The molecule has 0 aromatic carbocycles. The zero-order chi connectivity index (χ0) is 17.3. The second-order valence-corrected chi connectivity index (χ2v) is 7.70. The van der Waals surface area contributed by atoms with E-state index in [-0.39, 0.29) is 5.91 Å². The van der Waals surface area contributed by atoms with E-state index in [4.69, 9.17) is 0 Å². The van der Waals surface area contributed by atoms with Gasteiger partial charge in [-0.25, -0.2) is 4.79 Å². The van der Waals surface area contributed by atoms with Crippen LogP contribution in [0.1, 0.15) is 36.9 Å². The number of thiophene rings is 2. The van der Waals surface area contributed by atoms with Crippen LogP contribution in [-0.4, -0.2) is 36.8 Å². The van der Waals surface area contributed by atoms with E-state index in [1.54, 1.807) is 26.2 Å². The molecule has 4 amide bonds. The normalized spacial score (nSPS) is 12.6. The Balaban J connectivity index is 1.88. The average Bonchev–Trinajstić information content (AvgIpc) is 3.23. The highest BCUT2D eigenvalue weighted by atomic mass is 32.1. The third kappa shape index (κ3) is 3.20. The maximum absolute atomic E-state index is 12.6. The van der Waals surface area contributed by atoms with Gasteiger partial charge in [-0.05, 0) is 36.3 Å². The van der Waals surface area contributed by atoms with Crippen LogP contribution in [0.15, 0.2) is 17.5 Å². The number of carbonyl (C=O) groups excluding carboxylic acids is 3. The summed E-state index contributed by atoms with van der Waals surface area (Å²) >= 11 is 2.77. The first-order chi connectivity index (χ1) is 11.5. The van der Waals surface area contributed by atoms with Crippen molar-refractivity contribution < 1.29 is 14.4 Å². The molecule has 6 nitrogen and oxygen atoms in total. The molecule has 2 aromatic rings. The minimum atomic E-state index is -0.478. The van der Waals surface area contributed by atoms with Crippen molar-refractivity contribution in [1.82, 2.24) is 10.2 Å². The van der Waals surface area contributed by atoms with E-state index in [2.05, 4.69) is 10.6 Å². The van der Waals surface area contributed by atoms with Crippen LogP contribution in [0, 0.1) is 0 Å². The molecule has 0 atom stereocenters. The molecule has 2 heterocycles. The number of fused-ring (bicyclic) bond motifs is 1. The van der Waals surface area contributed by atoms with Gasteiger partial charge in [0.25, 0.3) is 11.8 Å². The van der Waals surface area contributed by atoms with Crippen LogP contribution >= 0.6 is 22.7 Å². The van der Waals surface area contributed by atoms with Crippen LogP contribution < -0.4 is 10.6 Å². The number of aryl methyl sites for hydroxylation is 1. The van der Waals surface area contributed by atoms with Gasteiger partial charge in [0.05, 0.1) is 10.4 Å². The lowest BCUT2D eigenvalue weighted by Gasteiger charge is -2.12. The zero-order valence-electron chi connectivity index (χ0n) is 13.3. The summed E-state index contributed by atoms with van der Waals surface area (Å²) < 4.78 is 0. The maximum atomic E-state index is 12.6. The van der Waals surface area contributed by atoms with Crippen molar-refractivity contribution in [3.05, 3.63) is 38.4 Å². The van der Waals surface area contributed by atoms with E-state index >= 15 is 0 Å². The van der Waals surface area contributed by atoms with Gasteiger partial charge < -0.3 is 10.2 Å². The Morgan fingerprint density at radius 3 is 2.62 bits per heavy atom. The number of hydrogen-bond donors (Lipinski definition) is 2. The minimum absolute atomic E-state index is 0.238. The summed E-state index contributed by atoms with van der Waals surface area (Å²) in [6.45, 7) is 0. The van der Waals surface area contributed by atoms with Crippen molar-refractivity contribution in [2.45, 2.75) is 19.3 Å². The summed E-state index contributed by atoms with van der Waals surface area (Å²) in [6, 6.07) is 3.06. The highest BCUT2D eigenvalue weighted by Gasteiger charge is 2.28. The lowest BCUT2D eigenvalue weighted by atomic mass is 10.1. The number of nitrogens with one attached hydrogen (secondary N) is 2. The van der Waals surface area contributed by atoms with Crippen LogP contribution in [0.5, 0.6) is 0 Å². The summed E-state index contributed by atoms with van der Waals surface area (Å²) in [5.41, 5.74) is 1.37. The second kappa shape index (κ2) is 6.74. The van der Waals surface area contributed by atoms with Gasteiger partial charge in [-0.1, -0.05) is 6.07 Å². The number of imide groups is 1. The monoisotopic (exact) mass is 363 g/mol. The summed E-state index contributed by atoms with van der Waals surface area (Å²) in [6.07, 6.45) is 2.68. The van der Waals surface area contributed by atoms with Gasteiger partial charge in [0.1, 0.15) is 5.00 Å². The van der Waals surface area contributed by atoms with Crippen molar-refractivity contribution in [3.8, 4) is 0 Å². The molecule has 1 aliphatic carbocycles. The Morgan fingerprint density at radius 2 is 1.96 bits per heavy atom. The average molecular weight is 363 g/mol. The van der Waals surface area contributed by atoms with Crippen LogP contribution in [0.25, 0.3) is 0 Å². The van der Waals surface area contributed by atoms with E-state index in [0.717, 1.165) is 29.7 Å². The van der Waals surface area contributed by atoms with Gasteiger partial charge >= 0.3 is 6.03 Å². The van der Waals surface area contributed by atoms with E-state index in [1.165, 1.54) is 27.6 Å². The molecule has 3 rings (SSSR count). The lowest BCUT2D eigenvalue weighted by Crippen LogP contribution is -2.39. The molecule has 0 aliphatic heterocycles. The predicted molar refractivity (Wildman–Crippen MR) is 95.2 cm³/mol. The predicted octanol–water partition coefficient (Wildman–Crippen LogP) is 2.96. The molecule has 2 aromatic heterocycles. The molecule has 24 heavy (non-hydrogen) atoms. The molecule has 0 bridgehead atoms. The molecule has 8 heteroatoms. The van der Waals surface area contributed by atoms with E-state index in [9.17, 15) is 14.4 Å². The molecule has 0 saturated heterocycles. The maximum Gasteiger partial charge on any atom is 0.323 e. The Bertz CT molecular complexity index is 794. The summed E-state index contributed by atoms with van der Waals surface area (Å²) in [5, 5.41) is 7.54.